The fourth-order valence-corrected chi connectivity index (χ4v) is 3.56. The Labute approximate surface area is 154 Å². The third-order valence-electron chi connectivity index (χ3n) is 4.74. The molecule has 4 N–H and O–H groups in total. The number of phenols is 1. The van der Waals surface area contributed by atoms with Crippen LogP contribution in [0, 0.1) is 17.2 Å². The van der Waals surface area contributed by atoms with Crippen molar-refractivity contribution in [2.45, 2.75) is 39.0 Å². The van der Waals surface area contributed by atoms with E-state index in [-0.39, 0.29) is 17.5 Å². The Kier molecular flexibility index (Phi) is 5.38. The third-order valence-corrected chi connectivity index (χ3v) is 4.74. The fraction of sp³-hybridized carbons (Fsp3) is 0.450. The summed E-state index contributed by atoms with van der Waals surface area (Å²) in [6.45, 7) is 6.00. The van der Waals surface area contributed by atoms with Gasteiger partial charge in [-0.3, -0.25) is 0 Å². The van der Waals surface area contributed by atoms with Gasteiger partial charge in [-0.05, 0) is 43.4 Å². The molecule has 26 heavy (non-hydrogen) atoms. The molecule has 1 unspecified atom stereocenters. The van der Waals surface area contributed by atoms with E-state index in [1.807, 2.05) is 12.1 Å². The molecule has 6 heteroatoms. The van der Waals surface area contributed by atoms with Gasteiger partial charge in [-0.1, -0.05) is 26.0 Å². The number of hydrogen-bond acceptors (Lipinski definition) is 6. The number of benzene rings is 1. The zero-order valence-electron chi connectivity index (χ0n) is 15.3. The maximum atomic E-state index is 10.5. The lowest BCUT2D eigenvalue weighted by molar-refractivity contribution is 0.453. The highest BCUT2D eigenvalue weighted by atomic mass is 16.3. The Balaban J connectivity index is 2.15. The number of rotatable bonds is 4. The lowest BCUT2D eigenvalue weighted by atomic mass is 9.92. The van der Waals surface area contributed by atoms with Gasteiger partial charge in [0.05, 0.1) is 11.3 Å². The predicted octanol–water partition coefficient (Wildman–Crippen LogP) is 2.97. The highest BCUT2D eigenvalue weighted by molar-refractivity contribution is 5.70. The van der Waals surface area contributed by atoms with Gasteiger partial charge in [0.25, 0.3) is 0 Å². The van der Waals surface area contributed by atoms with Gasteiger partial charge >= 0.3 is 0 Å². The number of piperidine rings is 1. The summed E-state index contributed by atoms with van der Waals surface area (Å²) in [5.74, 6) is 1.27. The summed E-state index contributed by atoms with van der Waals surface area (Å²) in [5, 5.41) is 23.4. The van der Waals surface area contributed by atoms with Crippen LogP contribution in [0.2, 0.25) is 0 Å². The monoisotopic (exact) mass is 351 g/mol. The van der Waals surface area contributed by atoms with Crippen LogP contribution in [0.1, 0.15) is 49.4 Å². The summed E-state index contributed by atoms with van der Waals surface area (Å²) in [7, 11) is 0. The van der Waals surface area contributed by atoms with Crippen molar-refractivity contribution in [1.82, 2.24) is 15.3 Å². The number of nitrogens with two attached hydrogens (primary N) is 1. The fourth-order valence-electron chi connectivity index (χ4n) is 3.56. The Bertz CT molecular complexity index is 835. The third kappa shape index (κ3) is 3.63. The van der Waals surface area contributed by atoms with Gasteiger partial charge in [0.15, 0.2) is 5.82 Å². The first-order valence-electron chi connectivity index (χ1n) is 9.10. The van der Waals surface area contributed by atoms with Crippen molar-refractivity contribution in [3.8, 4) is 23.2 Å². The van der Waals surface area contributed by atoms with E-state index < -0.39 is 0 Å². The number of aromatic nitrogens is 2. The van der Waals surface area contributed by atoms with Crippen LogP contribution in [0.5, 0.6) is 5.75 Å². The van der Waals surface area contributed by atoms with Gasteiger partial charge in [-0.25, -0.2) is 9.97 Å². The average molecular weight is 351 g/mol. The summed E-state index contributed by atoms with van der Waals surface area (Å²) in [6, 6.07) is 7.61. The normalized spacial score (nSPS) is 17.2. The zero-order chi connectivity index (χ0) is 18.7. The molecule has 1 aliphatic rings. The van der Waals surface area contributed by atoms with Crippen LogP contribution in [0.25, 0.3) is 11.4 Å². The SMILES string of the molecule is CC(C)Cc1cccc(O)c1-c1nc(N)c(C#N)c(C2CCCNC2)n1. The van der Waals surface area contributed by atoms with Crippen molar-refractivity contribution in [2.75, 3.05) is 18.8 Å². The van der Waals surface area contributed by atoms with Crippen LogP contribution in [-0.4, -0.2) is 28.2 Å². The number of nitrogen functional groups attached to an aromatic ring is 1. The molecule has 1 fully saturated rings. The van der Waals surface area contributed by atoms with Crippen molar-refractivity contribution < 1.29 is 5.11 Å². The number of nitrogens with zero attached hydrogens (tertiary/aromatic N) is 3. The van der Waals surface area contributed by atoms with E-state index in [1.54, 1.807) is 6.07 Å². The molecule has 6 nitrogen and oxygen atoms in total. The van der Waals surface area contributed by atoms with Gasteiger partial charge < -0.3 is 16.2 Å². The summed E-state index contributed by atoms with van der Waals surface area (Å²) in [6.07, 6.45) is 2.79. The predicted molar refractivity (Wildman–Crippen MR) is 102 cm³/mol. The van der Waals surface area contributed by atoms with Gasteiger partial charge in [-0.15, -0.1) is 0 Å². The number of nitriles is 1. The first-order valence-corrected chi connectivity index (χ1v) is 9.10. The number of aromatic hydroxyl groups is 1. The quantitative estimate of drug-likeness (QED) is 0.781. The van der Waals surface area contributed by atoms with Crippen LogP contribution >= 0.6 is 0 Å². The standard InChI is InChI=1S/C20H25N5O/c1-12(2)9-13-5-3-7-16(26)17(13)20-24-18(14-6-4-8-23-11-14)15(10-21)19(22)25-20/h3,5,7,12,14,23,26H,4,6,8-9,11H2,1-2H3,(H2,22,24,25). The second-order valence-corrected chi connectivity index (χ2v) is 7.26. The molecule has 0 radical (unpaired) electrons. The summed E-state index contributed by atoms with van der Waals surface area (Å²) < 4.78 is 0. The summed E-state index contributed by atoms with van der Waals surface area (Å²) >= 11 is 0. The van der Waals surface area contributed by atoms with E-state index >= 15 is 0 Å². The van der Waals surface area contributed by atoms with Crippen molar-refractivity contribution in [2.24, 2.45) is 5.92 Å². The topological polar surface area (TPSA) is 108 Å². The number of phenolic OH excluding ortho intramolecular Hbond substituents is 1. The maximum absolute atomic E-state index is 10.5. The van der Waals surface area contributed by atoms with E-state index in [9.17, 15) is 10.4 Å². The van der Waals surface area contributed by atoms with Crippen molar-refractivity contribution in [3.05, 3.63) is 35.0 Å². The van der Waals surface area contributed by atoms with E-state index in [4.69, 9.17) is 10.7 Å². The second-order valence-electron chi connectivity index (χ2n) is 7.26. The Hall–Kier alpha value is -2.65. The first-order chi connectivity index (χ1) is 12.5. The van der Waals surface area contributed by atoms with Crippen molar-refractivity contribution in [3.63, 3.8) is 0 Å². The highest BCUT2D eigenvalue weighted by Crippen LogP contribution is 2.35. The van der Waals surface area contributed by atoms with Crippen LogP contribution in [-0.2, 0) is 6.42 Å². The molecule has 1 aromatic heterocycles. The molecule has 0 amide bonds. The smallest absolute Gasteiger partial charge is 0.165 e. The number of anilines is 1. The lowest BCUT2D eigenvalue weighted by Gasteiger charge is -2.24. The minimum Gasteiger partial charge on any atom is -0.507 e. The van der Waals surface area contributed by atoms with Gasteiger partial charge in [0, 0.05) is 12.5 Å². The molecule has 0 bridgehead atoms. The minimum absolute atomic E-state index is 0.127. The molecule has 1 aromatic carbocycles. The molecular formula is C20H25N5O. The average Bonchev–Trinajstić information content (AvgIpc) is 2.61. The zero-order valence-corrected chi connectivity index (χ0v) is 15.3. The molecule has 0 aliphatic carbocycles. The molecule has 1 saturated heterocycles. The molecule has 0 saturated carbocycles. The number of hydrogen-bond donors (Lipinski definition) is 3. The molecule has 2 heterocycles. The maximum Gasteiger partial charge on any atom is 0.165 e. The molecule has 0 spiro atoms. The van der Waals surface area contributed by atoms with E-state index in [1.165, 1.54) is 0 Å². The summed E-state index contributed by atoms with van der Waals surface area (Å²) in [4.78, 5) is 9.08. The van der Waals surface area contributed by atoms with Gasteiger partial charge in [0.2, 0.25) is 0 Å². The minimum atomic E-state index is 0.127. The molecule has 136 valence electrons. The van der Waals surface area contributed by atoms with E-state index in [2.05, 4.69) is 30.2 Å². The molecule has 3 rings (SSSR count). The van der Waals surface area contributed by atoms with Crippen LogP contribution in [0.3, 0.4) is 0 Å². The second kappa shape index (κ2) is 7.71. The van der Waals surface area contributed by atoms with E-state index in [0.717, 1.165) is 37.9 Å². The van der Waals surface area contributed by atoms with E-state index in [0.29, 0.717) is 28.6 Å². The Morgan fingerprint density at radius 3 is 2.85 bits per heavy atom. The molecule has 1 aliphatic heterocycles. The summed E-state index contributed by atoms with van der Waals surface area (Å²) in [5.41, 5.74) is 8.73. The Morgan fingerprint density at radius 1 is 1.38 bits per heavy atom. The number of nitrogens with one attached hydrogen (secondary N) is 1. The van der Waals surface area contributed by atoms with Crippen LogP contribution in [0.4, 0.5) is 5.82 Å². The molecule has 2 aromatic rings. The van der Waals surface area contributed by atoms with Gasteiger partial charge in [-0.2, -0.15) is 5.26 Å². The molecular weight excluding hydrogens is 326 g/mol. The lowest BCUT2D eigenvalue weighted by Crippen LogP contribution is -2.29. The van der Waals surface area contributed by atoms with Gasteiger partial charge in [0.1, 0.15) is 23.2 Å². The molecule has 1 atom stereocenters. The highest BCUT2D eigenvalue weighted by Gasteiger charge is 2.25. The van der Waals surface area contributed by atoms with Crippen molar-refractivity contribution >= 4 is 5.82 Å². The Morgan fingerprint density at radius 2 is 2.19 bits per heavy atom. The first kappa shape index (κ1) is 18.2. The van der Waals surface area contributed by atoms with Crippen LogP contribution < -0.4 is 11.1 Å². The largest absolute Gasteiger partial charge is 0.507 e. The van der Waals surface area contributed by atoms with Crippen LogP contribution in [0.15, 0.2) is 18.2 Å². The van der Waals surface area contributed by atoms with Crippen molar-refractivity contribution in [1.29, 1.82) is 5.26 Å².